The van der Waals surface area contributed by atoms with E-state index >= 15 is 0 Å². The highest BCUT2D eigenvalue weighted by molar-refractivity contribution is 6.23. The highest BCUT2D eigenvalue weighted by atomic mass is 16.5. The second-order valence-electron chi connectivity index (χ2n) is 6.98. The van der Waals surface area contributed by atoms with Gasteiger partial charge in [-0.05, 0) is 68.8 Å². The van der Waals surface area contributed by atoms with Crippen LogP contribution in [0.2, 0.25) is 0 Å². The van der Waals surface area contributed by atoms with Crippen LogP contribution in [0.3, 0.4) is 0 Å². The molecule has 1 aliphatic heterocycles. The monoisotopic (exact) mass is 433 g/mol. The zero-order chi connectivity index (χ0) is 23.1. The van der Waals surface area contributed by atoms with Crippen molar-refractivity contribution in [2.24, 2.45) is 0 Å². The Morgan fingerprint density at radius 1 is 0.969 bits per heavy atom. The molecule has 2 aromatic rings. The van der Waals surface area contributed by atoms with Gasteiger partial charge in [-0.15, -0.1) is 0 Å². The van der Waals surface area contributed by atoms with Gasteiger partial charge in [0.1, 0.15) is 18.1 Å². The summed E-state index contributed by atoms with van der Waals surface area (Å²) in [7, 11) is 0. The molecule has 0 spiro atoms. The Morgan fingerprint density at radius 2 is 1.59 bits per heavy atom. The summed E-state index contributed by atoms with van der Waals surface area (Å²) in [5.41, 5.74) is 2.49. The fourth-order valence-corrected chi connectivity index (χ4v) is 3.43. The van der Waals surface area contributed by atoms with Crippen molar-refractivity contribution in [3.05, 3.63) is 83.6 Å². The van der Waals surface area contributed by atoms with Crippen LogP contribution in [0.5, 0.6) is 11.5 Å². The van der Waals surface area contributed by atoms with Crippen molar-refractivity contribution in [2.45, 2.75) is 20.8 Å². The van der Waals surface area contributed by atoms with Crippen LogP contribution in [0, 0.1) is 0 Å². The summed E-state index contributed by atoms with van der Waals surface area (Å²) in [6.07, 6.45) is 3.37. The summed E-state index contributed by atoms with van der Waals surface area (Å²) in [4.78, 5) is 27.7. The molecule has 0 saturated carbocycles. The number of nitrogens with zero attached hydrogens (tertiary/aromatic N) is 1. The molecular weight excluding hydrogens is 406 g/mol. The Labute approximate surface area is 188 Å². The van der Waals surface area contributed by atoms with Gasteiger partial charge in [-0.3, -0.25) is 9.69 Å². The van der Waals surface area contributed by atoms with E-state index in [0.717, 1.165) is 5.56 Å². The van der Waals surface area contributed by atoms with Gasteiger partial charge < -0.3 is 14.2 Å². The molecule has 6 heteroatoms. The van der Waals surface area contributed by atoms with Crippen molar-refractivity contribution in [1.82, 2.24) is 0 Å². The molecule has 1 heterocycles. The van der Waals surface area contributed by atoms with Gasteiger partial charge in [0.25, 0.3) is 5.91 Å². The number of hydrogen-bond acceptors (Lipinski definition) is 5. The summed E-state index contributed by atoms with van der Waals surface area (Å²) in [5.74, 6) is 0.591. The normalized spacial score (nSPS) is 14.7. The number of ether oxygens (including phenoxy) is 3. The van der Waals surface area contributed by atoms with E-state index in [1.807, 2.05) is 19.1 Å². The number of amides is 1. The van der Waals surface area contributed by atoms with E-state index in [0.29, 0.717) is 36.1 Å². The molecular formula is C26H27NO5. The average Bonchev–Trinajstić information content (AvgIpc) is 3.03. The molecule has 0 unspecified atom stereocenters. The molecule has 0 saturated heterocycles. The molecule has 0 N–H and O–H groups in total. The van der Waals surface area contributed by atoms with Crippen LogP contribution >= 0.6 is 0 Å². The number of anilines is 1. The van der Waals surface area contributed by atoms with Crippen molar-refractivity contribution in [3.8, 4) is 11.5 Å². The van der Waals surface area contributed by atoms with Crippen molar-refractivity contribution in [3.63, 3.8) is 0 Å². The van der Waals surface area contributed by atoms with Gasteiger partial charge in [-0.25, -0.2) is 4.79 Å². The van der Waals surface area contributed by atoms with E-state index in [1.165, 1.54) is 4.90 Å². The van der Waals surface area contributed by atoms with Gasteiger partial charge in [-0.2, -0.15) is 0 Å². The minimum atomic E-state index is -0.524. The largest absolute Gasteiger partial charge is 0.494 e. The summed E-state index contributed by atoms with van der Waals surface area (Å²) < 4.78 is 16.2. The Hall–Kier alpha value is -3.80. The highest BCUT2D eigenvalue weighted by Gasteiger charge is 2.38. The molecule has 3 rings (SSSR count). The molecule has 32 heavy (non-hydrogen) atoms. The lowest BCUT2D eigenvalue weighted by Crippen LogP contribution is -2.24. The number of hydrogen-bond donors (Lipinski definition) is 0. The summed E-state index contributed by atoms with van der Waals surface area (Å²) in [6.45, 7) is 10.2. The molecule has 1 amide bonds. The number of rotatable bonds is 9. The van der Waals surface area contributed by atoms with Crippen LogP contribution in [0.15, 0.2) is 78.0 Å². The number of carbonyl (C=O) groups excluding carboxylic acids is 2. The molecule has 0 fully saturated rings. The third-order valence-electron chi connectivity index (χ3n) is 4.84. The molecule has 0 aromatic heterocycles. The predicted octanol–water partition coefficient (Wildman–Crippen LogP) is 4.92. The predicted molar refractivity (Wildman–Crippen MR) is 125 cm³/mol. The topological polar surface area (TPSA) is 65.1 Å². The van der Waals surface area contributed by atoms with Gasteiger partial charge >= 0.3 is 5.97 Å². The fourth-order valence-electron chi connectivity index (χ4n) is 3.43. The average molecular weight is 434 g/mol. The van der Waals surface area contributed by atoms with E-state index < -0.39 is 5.97 Å². The number of esters is 1. The summed E-state index contributed by atoms with van der Waals surface area (Å²) >= 11 is 0. The highest BCUT2D eigenvalue weighted by Crippen LogP contribution is 2.36. The molecule has 6 nitrogen and oxygen atoms in total. The molecule has 2 aromatic carbocycles. The maximum atomic E-state index is 13.4. The van der Waals surface area contributed by atoms with Crippen LogP contribution in [-0.4, -0.2) is 31.7 Å². The van der Waals surface area contributed by atoms with E-state index in [2.05, 4.69) is 6.58 Å². The Balaban J connectivity index is 1.99. The minimum absolute atomic E-state index is 0.218. The quantitative estimate of drug-likeness (QED) is 0.319. The first-order valence-corrected chi connectivity index (χ1v) is 10.5. The minimum Gasteiger partial charge on any atom is -0.494 e. The van der Waals surface area contributed by atoms with E-state index in [-0.39, 0.29) is 23.7 Å². The first-order chi connectivity index (χ1) is 15.5. The maximum absolute atomic E-state index is 13.4. The van der Waals surface area contributed by atoms with Crippen LogP contribution < -0.4 is 14.4 Å². The Kier molecular flexibility index (Phi) is 7.49. The van der Waals surface area contributed by atoms with E-state index in [1.54, 1.807) is 62.4 Å². The summed E-state index contributed by atoms with van der Waals surface area (Å²) in [5, 5.41) is 0. The number of allylic oxidation sites excluding steroid dienone is 1. The van der Waals surface area contributed by atoms with Crippen molar-refractivity contribution < 1.29 is 23.8 Å². The lowest BCUT2D eigenvalue weighted by atomic mass is 10.0. The van der Waals surface area contributed by atoms with Gasteiger partial charge in [0.05, 0.1) is 24.4 Å². The van der Waals surface area contributed by atoms with Gasteiger partial charge in [0.15, 0.2) is 0 Å². The Bertz CT molecular complexity index is 1050. The first kappa shape index (κ1) is 22.9. The van der Waals surface area contributed by atoms with E-state index in [4.69, 9.17) is 14.2 Å². The van der Waals surface area contributed by atoms with Crippen LogP contribution in [-0.2, 0) is 14.3 Å². The fraction of sp³-hybridized carbons (Fsp3) is 0.231. The maximum Gasteiger partial charge on any atom is 0.340 e. The molecule has 1 aliphatic rings. The van der Waals surface area contributed by atoms with Gasteiger partial charge in [0, 0.05) is 11.4 Å². The van der Waals surface area contributed by atoms with Crippen molar-refractivity contribution >= 4 is 23.6 Å². The van der Waals surface area contributed by atoms with Crippen molar-refractivity contribution in [2.75, 3.05) is 24.7 Å². The first-order valence-electron chi connectivity index (χ1n) is 10.5. The standard InChI is InChI=1S/C26H27NO5/c1-5-16-32-22-12-8-19(9-13-22)17-23-24(26(29)31-7-3)18(4)27(25(23)28)20-10-14-21(15-11-20)30-6-2/h5,8-15,17H,1,6-7,16H2,2-4H3/b23-17-. The molecule has 0 atom stereocenters. The Morgan fingerprint density at radius 3 is 2.19 bits per heavy atom. The van der Waals surface area contributed by atoms with Crippen LogP contribution in [0.4, 0.5) is 5.69 Å². The lowest BCUT2D eigenvalue weighted by molar-refractivity contribution is -0.138. The zero-order valence-electron chi connectivity index (χ0n) is 18.6. The number of benzene rings is 2. The number of carbonyl (C=O) groups is 2. The smallest absolute Gasteiger partial charge is 0.340 e. The van der Waals surface area contributed by atoms with Gasteiger partial charge in [-0.1, -0.05) is 24.8 Å². The second-order valence-corrected chi connectivity index (χ2v) is 6.98. The summed E-state index contributed by atoms with van der Waals surface area (Å²) in [6, 6.07) is 14.5. The third kappa shape index (κ3) is 4.91. The lowest BCUT2D eigenvalue weighted by Gasteiger charge is -2.18. The van der Waals surface area contributed by atoms with Crippen molar-refractivity contribution in [1.29, 1.82) is 0 Å². The zero-order valence-corrected chi connectivity index (χ0v) is 18.6. The SMILES string of the molecule is C=CCOc1ccc(/C=C2\C(=O)N(c3ccc(OCC)cc3)C(C)=C2C(=O)OCC)cc1. The second kappa shape index (κ2) is 10.5. The third-order valence-corrected chi connectivity index (χ3v) is 4.84. The van der Waals surface area contributed by atoms with E-state index in [9.17, 15) is 9.59 Å². The van der Waals surface area contributed by atoms with Crippen LogP contribution in [0.25, 0.3) is 6.08 Å². The molecule has 166 valence electrons. The molecule has 0 radical (unpaired) electrons. The van der Waals surface area contributed by atoms with Crippen LogP contribution in [0.1, 0.15) is 26.3 Å². The van der Waals surface area contributed by atoms with Gasteiger partial charge in [0.2, 0.25) is 0 Å². The molecule has 0 bridgehead atoms. The molecule has 0 aliphatic carbocycles.